The molecule has 0 fully saturated rings. The van der Waals surface area contributed by atoms with Gasteiger partial charge in [0.25, 0.3) is 0 Å². The van der Waals surface area contributed by atoms with E-state index in [1.54, 1.807) is 0 Å². The Balaban J connectivity index is 0. The normalized spacial score (nSPS) is 15.3. The van der Waals surface area contributed by atoms with E-state index in [1.165, 1.54) is 6.42 Å². The van der Waals surface area contributed by atoms with Crippen molar-refractivity contribution in [3.63, 3.8) is 0 Å². The van der Waals surface area contributed by atoms with Gasteiger partial charge in [-0.1, -0.05) is 34.1 Å². The molecule has 0 aromatic carbocycles. The molecule has 2 atom stereocenters. The van der Waals surface area contributed by atoms with Crippen LogP contribution in [0.5, 0.6) is 0 Å². The maximum absolute atomic E-state index is 5.55. The van der Waals surface area contributed by atoms with Gasteiger partial charge >= 0.3 is 0 Å². The lowest BCUT2D eigenvalue weighted by atomic mass is 10.0. The third-order valence-corrected chi connectivity index (χ3v) is 1.54. The van der Waals surface area contributed by atoms with Crippen molar-refractivity contribution < 1.29 is 0 Å². The lowest BCUT2D eigenvalue weighted by Gasteiger charge is -2.10. The largest absolute Gasteiger partial charge is 0.328 e. The van der Waals surface area contributed by atoms with E-state index in [1.807, 2.05) is 20.8 Å². The molecular weight excluding hydrogens is 110 g/mol. The predicted molar refractivity (Wildman–Crippen MR) is 44.5 cm³/mol. The van der Waals surface area contributed by atoms with Crippen LogP contribution in [-0.4, -0.2) is 6.04 Å². The summed E-state index contributed by atoms with van der Waals surface area (Å²) >= 11 is 0. The number of nitrogens with two attached hydrogens (primary N) is 1. The molecule has 2 N–H and O–H groups in total. The quantitative estimate of drug-likeness (QED) is 0.612. The third-order valence-electron chi connectivity index (χ3n) is 1.54. The standard InChI is InChI=1S/C6H15N.C2H6/c1-4-5(2)6(3)7;1-2/h5-6H,4,7H2,1-3H3;1-2H3. The van der Waals surface area contributed by atoms with Crippen LogP contribution in [0, 0.1) is 5.92 Å². The van der Waals surface area contributed by atoms with Crippen LogP contribution in [-0.2, 0) is 0 Å². The van der Waals surface area contributed by atoms with Crippen LogP contribution in [0.25, 0.3) is 0 Å². The van der Waals surface area contributed by atoms with Crippen molar-refractivity contribution in [2.45, 2.75) is 47.1 Å². The Kier molecular flexibility index (Phi) is 10.4. The summed E-state index contributed by atoms with van der Waals surface area (Å²) in [5, 5.41) is 0. The highest BCUT2D eigenvalue weighted by atomic mass is 14.6. The molecule has 0 aromatic heterocycles. The first kappa shape index (κ1) is 11.7. The van der Waals surface area contributed by atoms with Gasteiger partial charge in [0.15, 0.2) is 0 Å². The molecule has 0 aliphatic carbocycles. The lowest BCUT2D eigenvalue weighted by Crippen LogP contribution is -2.23. The molecule has 0 aromatic rings. The number of hydrogen-bond donors (Lipinski definition) is 1. The summed E-state index contributed by atoms with van der Waals surface area (Å²) in [7, 11) is 0. The van der Waals surface area contributed by atoms with Gasteiger partial charge in [-0.25, -0.2) is 0 Å². The Bertz CT molecular complexity index is 41.8. The van der Waals surface area contributed by atoms with Crippen LogP contribution in [0.3, 0.4) is 0 Å². The zero-order chi connectivity index (χ0) is 7.86. The fraction of sp³-hybridized carbons (Fsp3) is 1.00. The van der Waals surface area contributed by atoms with Crippen LogP contribution in [0.2, 0.25) is 0 Å². The number of hydrogen-bond acceptors (Lipinski definition) is 1. The smallest absolute Gasteiger partial charge is 0.00360 e. The van der Waals surface area contributed by atoms with Crippen molar-refractivity contribution in [1.82, 2.24) is 0 Å². The van der Waals surface area contributed by atoms with E-state index in [9.17, 15) is 0 Å². The molecule has 0 aliphatic heterocycles. The van der Waals surface area contributed by atoms with E-state index in [2.05, 4.69) is 13.8 Å². The van der Waals surface area contributed by atoms with Crippen molar-refractivity contribution in [1.29, 1.82) is 0 Å². The topological polar surface area (TPSA) is 26.0 Å². The van der Waals surface area contributed by atoms with Crippen LogP contribution in [0.15, 0.2) is 0 Å². The maximum Gasteiger partial charge on any atom is 0.00360 e. The Morgan fingerprint density at radius 2 is 1.56 bits per heavy atom. The Hall–Kier alpha value is -0.0400. The fourth-order valence-corrected chi connectivity index (χ4v) is 0.372. The molecule has 0 rings (SSSR count). The first-order valence-electron chi connectivity index (χ1n) is 3.94. The summed E-state index contributed by atoms with van der Waals surface area (Å²) in [5.74, 6) is 0.681. The maximum atomic E-state index is 5.55. The highest BCUT2D eigenvalue weighted by Gasteiger charge is 2.01. The molecule has 0 amide bonds. The monoisotopic (exact) mass is 131 g/mol. The Labute approximate surface area is 59.6 Å². The van der Waals surface area contributed by atoms with Gasteiger partial charge in [-0.15, -0.1) is 0 Å². The van der Waals surface area contributed by atoms with Crippen LogP contribution in [0.1, 0.15) is 41.0 Å². The summed E-state index contributed by atoms with van der Waals surface area (Å²) in [4.78, 5) is 0. The predicted octanol–water partition coefficient (Wildman–Crippen LogP) is 2.41. The average Bonchev–Trinajstić information content (AvgIpc) is 1.91. The van der Waals surface area contributed by atoms with Gasteiger partial charge < -0.3 is 5.73 Å². The molecule has 0 radical (unpaired) electrons. The SMILES string of the molecule is CC.CCC(C)C(C)N. The molecule has 0 heterocycles. The minimum Gasteiger partial charge on any atom is -0.328 e. The average molecular weight is 131 g/mol. The van der Waals surface area contributed by atoms with E-state index in [4.69, 9.17) is 5.73 Å². The van der Waals surface area contributed by atoms with E-state index in [-0.39, 0.29) is 0 Å². The van der Waals surface area contributed by atoms with Gasteiger partial charge in [0, 0.05) is 6.04 Å². The molecule has 1 nitrogen and oxygen atoms in total. The first-order valence-corrected chi connectivity index (χ1v) is 3.94. The molecule has 0 aliphatic rings. The minimum absolute atomic E-state index is 0.366. The Morgan fingerprint density at radius 3 is 1.56 bits per heavy atom. The summed E-state index contributed by atoms with van der Waals surface area (Å²) in [6.07, 6.45) is 1.19. The van der Waals surface area contributed by atoms with E-state index in [0.717, 1.165) is 0 Å². The lowest BCUT2D eigenvalue weighted by molar-refractivity contribution is 0.470. The van der Waals surface area contributed by atoms with Gasteiger partial charge in [0.05, 0.1) is 0 Å². The molecule has 9 heavy (non-hydrogen) atoms. The minimum atomic E-state index is 0.366. The zero-order valence-electron chi connectivity index (χ0n) is 7.44. The molecule has 58 valence electrons. The Morgan fingerprint density at radius 1 is 1.22 bits per heavy atom. The van der Waals surface area contributed by atoms with Gasteiger partial charge in [-0.2, -0.15) is 0 Å². The second kappa shape index (κ2) is 7.96. The van der Waals surface area contributed by atoms with Crippen molar-refractivity contribution >= 4 is 0 Å². The van der Waals surface area contributed by atoms with E-state index < -0.39 is 0 Å². The summed E-state index contributed by atoms with van der Waals surface area (Å²) in [5.41, 5.74) is 5.55. The van der Waals surface area contributed by atoms with Crippen LogP contribution in [0.4, 0.5) is 0 Å². The highest BCUT2D eigenvalue weighted by Crippen LogP contribution is 2.02. The number of rotatable bonds is 2. The highest BCUT2D eigenvalue weighted by molar-refractivity contribution is 4.59. The molecule has 0 bridgehead atoms. The van der Waals surface area contributed by atoms with Gasteiger partial charge in [0.1, 0.15) is 0 Å². The fourth-order valence-electron chi connectivity index (χ4n) is 0.372. The molecule has 0 saturated heterocycles. The third kappa shape index (κ3) is 7.96. The second-order valence-corrected chi connectivity index (χ2v) is 2.24. The summed E-state index contributed by atoms with van der Waals surface area (Å²) < 4.78 is 0. The van der Waals surface area contributed by atoms with Gasteiger partial charge in [0.2, 0.25) is 0 Å². The van der Waals surface area contributed by atoms with Crippen LogP contribution < -0.4 is 5.73 Å². The summed E-state index contributed by atoms with van der Waals surface area (Å²) in [6, 6.07) is 0.366. The van der Waals surface area contributed by atoms with E-state index in [0.29, 0.717) is 12.0 Å². The summed E-state index contributed by atoms with van der Waals surface area (Å²) in [6.45, 7) is 10.4. The molecule has 0 spiro atoms. The molecule has 1 heteroatoms. The first-order chi connectivity index (χ1) is 4.18. The van der Waals surface area contributed by atoms with Gasteiger partial charge in [-0.05, 0) is 12.8 Å². The molecule has 2 unspecified atom stereocenters. The van der Waals surface area contributed by atoms with Crippen molar-refractivity contribution in [3.8, 4) is 0 Å². The molecule has 0 saturated carbocycles. The molecular formula is C8H21N. The van der Waals surface area contributed by atoms with Gasteiger partial charge in [-0.3, -0.25) is 0 Å². The second-order valence-electron chi connectivity index (χ2n) is 2.24. The zero-order valence-corrected chi connectivity index (χ0v) is 7.44. The van der Waals surface area contributed by atoms with Crippen molar-refractivity contribution in [2.75, 3.05) is 0 Å². The van der Waals surface area contributed by atoms with Crippen LogP contribution >= 0.6 is 0 Å². The van der Waals surface area contributed by atoms with Crippen molar-refractivity contribution in [3.05, 3.63) is 0 Å². The van der Waals surface area contributed by atoms with E-state index >= 15 is 0 Å². The van der Waals surface area contributed by atoms with Crippen molar-refractivity contribution in [2.24, 2.45) is 11.7 Å².